The van der Waals surface area contributed by atoms with Crippen molar-refractivity contribution < 1.29 is 14.3 Å². The summed E-state index contributed by atoms with van der Waals surface area (Å²) in [6, 6.07) is 8.43. The van der Waals surface area contributed by atoms with Crippen molar-refractivity contribution in [2.24, 2.45) is 0 Å². The second-order valence-electron chi connectivity index (χ2n) is 9.47. The topological polar surface area (TPSA) is 79.8 Å². The second-order valence-corrected chi connectivity index (χ2v) is 9.47. The van der Waals surface area contributed by atoms with Gasteiger partial charge in [0.25, 0.3) is 0 Å². The molecule has 0 unspecified atom stereocenters. The second kappa shape index (κ2) is 10.6. The first-order valence-electron chi connectivity index (χ1n) is 12.6. The molecule has 1 saturated carbocycles. The molecule has 1 N–H and O–H groups in total. The van der Waals surface area contributed by atoms with Gasteiger partial charge in [-0.25, -0.2) is 14.8 Å². The zero-order valence-electron chi connectivity index (χ0n) is 20.1. The quantitative estimate of drug-likeness (QED) is 0.730. The molecule has 0 radical (unpaired) electrons. The van der Waals surface area contributed by atoms with Gasteiger partial charge in [-0.3, -0.25) is 0 Å². The van der Waals surface area contributed by atoms with Crippen molar-refractivity contribution in [2.75, 3.05) is 44.9 Å². The summed E-state index contributed by atoms with van der Waals surface area (Å²) < 4.78 is 10.9. The Morgan fingerprint density at radius 3 is 2.59 bits per heavy atom. The Bertz CT molecular complexity index is 985. The molecule has 34 heavy (non-hydrogen) atoms. The van der Waals surface area contributed by atoms with Crippen LogP contribution in [0.25, 0.3) is 0 Å². The predicted octanol–water partition coefficient (Wildman–Crippen LogP) is 3.31. The number of rotatable bonds is 5. The number of aromatic nitrogens is 2. The molecule has 8 nitrogen and oxygen atoms in total. The highest BCUT2D eigenvalue weighted by Crippen LogP contribution is 2.29. The number of carbonyl (C=O) groups excluding carboxylic acids is 1. The van der Waals surface area contributed by atoms with Crippen molar-refractivity contribution in [3.63, 3.8) is 0 Å². The summed E-state index contributed by atoms with van der Waals surface area (Å²) in [6.45, 7) is 4.24. The summed E-state index contributed by atoms with van der Waals surface area (Å²) in [4.78, 5) is 27.3. The van der Waals surface area contributed by atoms with E-state index in [4.69, 9.17) is 19.4 Å². The van der Waals surface area contributed by atoms with Crippen molar-refractivity contribution in [3.8, 4) is 5.75 Å². The molecular formula is C26H35N5O3. The van der Waals surface area contributed by atoms with E-state index in [1.165, 1.54) is 19.3 Å². The van der Waals surface area contributed by atoms with Crippen LogP contribution in [0.5, 0.6) is 5.75 Å². The summed E-state index contributed by atoms with van der Waals surface area (Å²) in [5.41, 5.74) is 3.31. The molecule has 3 aliphatic rings. The monoisotopic (exact) mass is 465 g/mol. The van der Waals surface area contributed by atoms with E-state index >= 15 is 0 Å². The Hall–Kier alpha value is -2.87. The minimum absolute atomic E-state index is 0.0489. The highest BCUT2D eigenvalue weighted by atomic mass is 16.5. The summed E-state index contributed by atoms with van der Waals surface area (Å²) in [5, 5.41) is 3.27. The number of ether oxygens (including phenoxy) is 2. The number of nitrogens with zero attached hydrogens (tertiary/aromatic N) is 4. The van der Waals surface area contributed by atoms with E-state index in [-0.39, 0.29) is 6.03 Å². The molecule has 1 aromatic carbocycles. The zero-order valence-corrected chi connectivity index (χ0v) is 20.1. The molecule has 0 atom stereocenters. The van der Waals surface area contributed by atoms with E-state index < -0.39 is 0 Å². The number of hydrogen-bond donors (Lipinski definition) is 1. The van der Waals surface area contributed by atoms with Gasteiger partial charge in [0.1, 0.15) is 17.4 Å². The Labute approximate surface area is 201 Å². The first kappa shape index (κ1) is 22.9. The van der Waals surface area contributed by atoms with Crippen molar-refractivity contribution in [1.82, 2.24) is 20.2 Å². The minimum atomic E-state index is 0.0489. The fraction of sp³-hybridized carbons (Fsp3) is 0.577. The number of amides is 2. The van der Waals surface area contributed by atoms with E-state index in [2.05, 4.69) is 22.3 Å². The molecule has 1 aliphatic carbocycles. The van der Waals surface area contributed by atoms with E-state index in [1.54, 1.807) is 7.11 Å². The number of urea groups is 1. The van der Waals surface area contributed by atoms with Crippen LogP contribution >= 0.6 is 0 Å². The van der Waals surface area contributed by atoms with E-state index in [1.807, 2.05) is 17.0 Å². The van der Waals surface area contributed by atoms with Gasteiger partial charge in [0.05, 0.1) is 32.6 Å². The van der Waals surface area contributed by atoms with Crippen LogP contribution in [0, 0.1) is 0 Å². The molecule has 3 heterocycles. The molecular weight excluding hydrogens is 430 g/mol. The lowest BCUT2D eigenvalue weighted by Gasteiger charge is -2.35. The van der Waals surface area contributed by atoms with Gasteiger partial charge in [0, 0.05) is 44.1 Å². The molecule has 5 rings (SSSR count). The Morgan fingerprint density at radius 2 is 1.85 bits per heavy atom. The van der Waals surface area contributed by atoms with Gasteiger partial charge < -0.3 is 24.6 Å². The maximum Gasteiger partial charge on any atom is 0.317 e. The number of methoxy groups -OCH3 is 1. The minimum Gasteiger partial charge on any atom is -0.497 e. The lowest BCUT2D eigenvalue weighted by Crippen LogP contribution is -2.48. The fourth-order valence-corrected chi connectivity index (χ4v) is 5.17. The van der Waals surface area contributed by atoms with Crippen LogP contribution in [-0.4, -0.2) is 66.9 Å². The molecule has 182 valence electrons. The summed E-state index contributed by atoms with van der Waals surface area (Å²) in [7, 11) is 1.68. The van der Waals surface area contributed by atoms with Crippen molar-refractivity contribution in [1.29, 1.82) is 0 Å². The number of nitrogens with one attached hydrogen (secondary N) is 1. The molecule has 2 amide bonds. The van der Waals surface area contributed by atoms with Crippen LogP contribution in [0.1, 0.15) is 54.7 Å². The highest BCUT2D eigenvalue weighted by Gasteiger charge is 2.29. The number of carbonyl (C=O) groups is 1. The fourth-order valence-electron chi connectivity index (χ4n) is 5.17. The SMILES string of the molecule is COc1ccc(Cc2nc3c(c(N4CCOCC4)n2)CN(C(=O)NC2CCCCC2)CC3)cc1. The largest absolute Gasteiger partial charge is 0.497 e. The molecule has 0 bridgehead atoms. The lowest BCUT2D eigenvalue weighted by molar-refractivity contribution is 0.122. The van der Waals surface area contributed by atoms with Gasteiger partial charge in [-0.15, -0.1) is 0 Å². The highest BCUT2D eigenvalue weighted by molar-refractivity contribution is 5.75. The van der Waals surface area contributed by atoms with E-state index in [0.717, 1.165) is 66.6 Å². The number of benzene rings is 1. The normalized spacial score (nSPS) is 19.0. The first-order valence-corrected chi connectivity index (χ1v) is 12.6. The van der Waals surface area contributed by atoms with Gasteiger partial charge in [0.15, 0.2) is 0 Å². The average molecular weight is 466 g/mol. The number of fused-ring (bicyclic) bond motifs is 1. The van der Waals surface area contributed by atoms with Crippen LogP contribution in [0.4, 0.5) is 10.6 Å². The summed E-state index contributed by atoms with van der Waals surface area (Å²) in [6.07, 6.45) is 7.30. The Kier molecular flexibility index (Phi) is 7.13. The zero-order chi connectivity index (χ0) is 23.3. The smallest absolute Gasteiger partial charge is 0.317 e. The van der Waals surface area contributed by atoms with Crippen LogP contribution in [0.15, 0.2) is 24.3 Å². The maximum absolute atomic E-state index is 13.1. The van der Waals surface area contributed by atoms with Crippen LogP contribution in [0.2, 0.25) is 0 Å². The molecule has 0 spiro atoms. The van der Waals surface area contributed by atoms with Gasteiger partial charge >= 0.3 is 6.03 Å². The van der Waals surface area contributed by atoms with Gasteiger partial charge in [-0.2, -0.15) is 0 Å². The molecule has 2 fully saturated rings. The average Bonchev–Trinajstić information content (AvgIpc) is 2.89. The molecule has 2 aliphatic heterocycles. The van der Waals surface area contributed by atoms with Gasteiger partial charge in [-0.05, 0) is 30.5 Å². The van der Waals surface area contributed by atoms with Crippen LogP contribution in [-0.2, 0) is 24.1 Å². The Balaban J connectivity index is 1.37. The van der Waals surface area contributed by atoms with Crippen molar-refractivity contribution in [2.45, 2.75) is 57.5 Å². The predicted molar refractivity (Wildman–Crippen MR) is 130 cm³/mol. The third-order valence-electron chi connectivity index (χ3n) is 7.14. The van der Waals surface area contributed by atoms with E-state index in [0.29, 0.717) is 38.8 Å². The maximum atomic E-state index is 13.1. The van der Waals surface area contributed by atoms with Crippen molar-refractivity contribution in [3.05, 3.63) is 46.9 Å². The third kappa shape index (κ3) is 5.27. The lowest BCUT2D eigenvalue weighted by atomic mass is 9.95. The number of hydrogen-bond acceptors (Lipinski definition) is 6. The summed E-state index contributed by atoms with van der Waals surface area (Å²) in [5.74, 6) is 2.63. The number of anilines is 1. The molecule has 1 aromatic heterocycles. The Morgan fingerprint density at radius 1 is 1.09 bits per heavy atom. The molecule has 2 aromatic rings. The first-order chi connectivity index (χ1) is 16.7. The number of morpholine rings is 1. The summed E-state index contributed by atoms with van der Waals surface area (Å²) >= 11 is 0. The van der Waals surface area contributed by atoms with E-state index in [9.17, 15) is 4.79 Å². The molecule has 1 saturated heterocycles. The van der Waals surface area contributed by atoms with Crippen LogP contribution in [0.3, 0.4) is 0 Å². The standard InChI is InChI=1S/C26H35N5O3/c1-33-21-9-7-19(8-10-21)17-24-28-23-11-12-31(26(32)27-20-5-3-2-4-6-20)18-22(23)25(29-24)30-13-15-34-16-14-30/h7-10,20H,2-6,11-18H2,1H3,(H,27,32). The molecule has 8 heteroatoms. The van der Waals surface area contributed by atoms with Gasteiger partial charge in [0.2, 0.25) is 0 Å². The third-order valence-corrected chi connectivity index (χ3v) is 7.14. The van der Waals surface area contributed by atoms with Crippen LogP contribution < -0.4 is 15.0 Å². The van der Waals surface area contributed by atoms with Crippen molar-refractivity contribution >= 4 is 11.8 Å². The van der Waals surface area contributed by atoms with Gasteiger partial charge in [-0.1, -0.05) is 31.4 Å².